The van der Waals surface area contributed by atoms with Crippen LogP contribution in [-0.4, -0.2) is 38.7 Å². The minimum Gasteiger partial charge on any atom is -0.433 e. The first-order chi connectivity index (χ1) is 12.8. The number of thiazole rings is 1. The first-order valence-electron chi connectivity index (χ1n) is 7.79. The molecule has 0 atom stereocenters. The van der Waals surface area contributed by atoms with Gasteiger partial charge in [0.1, 0.15) is 5.75 Å². The molecule has 0 aliphatic heterocycles. The van der Waals surface area contributed by atoms with Gasteiger partial charge in [-0.1, -0.05) is 23.2 Å². The maximum atomic E-state index is 12.6. The van der Waals surface area contributed by atoms with Gasteiger partial charge < -0.3 is 20.3 Å². The Bertz CT molecular complexity index is 801. The molecule has 1 aromatic carbocycles. The lowest BCUT2D eigenvalue weighted by Crippen LogP contribution is -2.36. The summed E-state index contributed by atoms with van der Waals surface area (Å²) in [6.45, 7) is -2.39. The average Bonchev–Trinajstić information content (AvgIpc) is 3.07. The van der Waals surface area contributed by atoms with E-state index in [1.54, 1.807) is 7.05 Å². The minimum atomic E-state index is -2.99. The van der Waals surface area contributed by atoms with Gasteiger partial charge in [-0.2, -0.15) is 8.78 Å². The standard InChI is InChI=1S/C16H19Cl2F2N5OS/c1-21-15(23-7-11-8-27-16(24-11)25(2)3)22-6-9-4-10(17)5-12(18)13(9)26-14(19)20/h4-5,8,14H,6-7H2,1-3H3,(H2,21,22,23). The molecule has 0 bridgehead atoms. The summed E-state index contributed by atoms with van der Waals surface area (Å²) in [5.74, 6) is 0.350. The lowest BCUT2D eigenvalue weighted by molar-refractivity contribution is -0.0504. The van der Waals surface area contributed by atoms with E-state index < -0.39 is 6.61 Å². The number of nitrogens with one attached hydrogen (secondary N) is 2. The van der Waals surface area contributed by atoms with E-state index >= 15 is 0 Å². The Hall–Kier alpha value is -1.84. The van der Waals surface area contributed by atoms with Gasteiger partial charge in [-0.15, -0.1) is 11.3 Å². The number of anilines is 1. The topological polar surface area (TPSA) is 61.8 Å². The number of aliphatic imine (C=N–C) groups is 1. The Balaban J connectivity index is 2.01. The summed E-state index contributed by atoms with van der Waals surface area (Å²) in [6, 6.07) is 2.86. The van der Waals surface area contributed by atoms with Crippen LogP contribution in [0.25, 0.3) is 0 Å². The van der Waals surface area contributed by atoms with Crippen LogP contribution >= 0.6 is 34.5 Å². The normalized spacial score (nSPS) is 11.6. The monoisotopic (exact) mass is 437 g/mol. The molecule has 2 aromatic rings. The first kappa shape index (κ1) is 21.5. The molecule has 0 aliphatic rings. The van der Waals surface area contributed by atoms with E-state index in [2.05, 4.69) is 25.3 Å². The van der Waals surface area contributed by atoms with E-state index in [4.69, 9.17) is 23.2 Å². The zero-order valence-electron chi connectivity index (χ0n) is 14.9. The molecule has 27 heavy (non-hydrogen) atoms. The van der Waals surface area contributed by atoms with Gasteiger partial charge in [-0.25, -0.2) is 4.98 Å². The Morgan fingerprint density at radius 1 is 1.30 bits per heavy atom. The molecule has 0 aliphatic carbocycles. The average molecular weight is 438 g/mol. The second-order valence-electron chi connectivity index (χ2n) is 5.55. The number of hydrogen-bond acceptors (Lipinski definition) is 5. The second-order valence-corrected chi connectivity index (χ2v) is 7.23. The summed E-state index contributed by atoms with van der Waals surface area (Å²) in [5, 5.41) is 9.30. The van der Waals surface area contributed by atoms with E-state index in [1.165, 1.54) is 23.5 Å². The summed E-state index contributed by atoms with van der Waals surface area (Å²) < 4.78 is 29.8. The Labute approximate surface area is 170 Å². The zero-order chi connectivity index (χ0) is 20.0. The first-order valence-corrected chi connectivity index (χ1v) is 9.42. The van der Waals surface area contributed by atoms with Crippen molar-refractivity contribution in [1.29, 1.82) is 0 Å². The number of guanidine groups is 1. The van der Waals surface area contributed by atoms with Crippen LogP contribution in [-0.2, 0) is 13.1 Å². The summed E-state index contributed by atoms with van der Waals surface area (Å²) in [7, 11) is 5.44. The van der Waals surface area contributed by atoms with Crippen molar-refractivity contribution in [3.8, 4) is 5.75 Å². The van der Waals surface area contributed by atoms with E-state index in [0.717, 1.165) is 10.8 Å². The number of halogens is 4. The van der Waals surface area contributed by atoms with Crippen LogP contribution < -0.4 is 20.3 Å². The summed E-state index contributed by atoms with van der Waals surface area (Å²) in [4.78, 5) is 10.5. The van der Waals surface area contributed by atoms with E-state index in [9.17, 15) is 8.78 Å². The van der Waals surface area contributed by atoms with Crippen molar-refractivity contribution in [2.45, 2.75) is 19.7 Å². The van der Waals surface area contributed by atoms with Crippen molar-refractivity contribution < 1.29 is 13.5 Å². The Kier molecular flexibility index (Phi) is 7.88. The SMILES string of the molecule is CN=C(NCc1csc(N(C)C)n1)NCc1cc(Cl)cc(Cl)c1OC(F)F. The summed E-state index contributed by atoms with van der Waals surface area (Å²) in [5.41, 5.74) is 1.25. The highest BCUT2D eigenvalue weighted by molar-refractivity contribution is 7.13. The number of alkyl halides is 2. The van der Waals surface area contributed by atoms with Crippen molar-refractivity contribution in [3.05, 3.63) is 38.8 Å². The quantitative estimate of drug-likeness (QED) is 0.506. The molecule has 0 saturated carbocycles. The van der Waals surface area contributed by atoms with Gasteiger partial charge >= 0.3 is 6.61 Å². The van der Waals surface area contributed by atoms with Gasteiger partial charge in [0.25, 0.3) is 0 Å². The van der Waals surface area contributed by atoms with E-state index in [0.29, 0.717) is 23.1 Å². The predicted octanol–water partition coefficient (Wildman–Crippen LogP) is 3.98. The smallest absolute Gasteiger partial charge is 0.387 e. The van der Waals surface area contributed by atoms with Crippen molar-refractivity contribution in [2.24, 2.45) is 4.99 Å². The third kappa shape index (κ3) is 6.37. The summed E-state index contributed by atoms with van der Waals surface area (Å²) in [6.07, 6.45) is 0. The Morgan fingerprint density at radius 3 is 2.59 bits per heavy atom. The van der Waals surface area contributed by atoms with Crippen LogP contribution in [0.1, 0.15) is 11.3 Å². The van der Waals surface area contributed by atoms with Gasteiger partial charge in [0.05, 0.1) is 17.3 Å². The fraction of sp³-hybridized carbons (Fsp3) is 0.375. The van der Waals surface area contributed by atoms with Gasteiger partial charge in [0, 0.05) is 43.7 Å². The van der Waals surface area contributed by atoms with Crippen LogP contribution in [0.15, 0.2) is 22.5 Å². The third-order valence-corrected chi connectivity index (χ3v) is 4.88. The Morgan fingerprint density at radius 2 is 2.00 bits per heavy atom. The number of aromatic nitrogens is 1. The molecule has 148 valence electrons. The van der Waals surface area contributed by atoms with E-state index in [-0.39, 0.29) is 17.3 Å². The molecule has 11 heteroatoms. The lowest BCUT2D eigenvalue weighted by atomic mass is 10.2. The van der Waals surface area contributed by atoms with Crippen LogP contribution in [0.4, 0.5) is 13.9 Å². The lowest BCUT2D eigenvalue weighted by Gasteiger charge is -2.15. The van der Waals surface area contributed by atoms with E-state index in [1.807, 2.05) is 24.4 Å². The minimum absolute atomic E-state index is 0.0150. The summed E-state index contributed by atoms with van der Waals surface area (Å²) >= 11 is 13.5. The highest BCUT2D eigenvalue weighted by Crippen LogP contribution is 2.33. The number of nitrogens with zero attached hydrogens (tertiary/aromatic N) is 3. The van der Waals surface area contributed by atoms with Gasteiger partial charge in [0.2, 0.25) is 0 Å². The van der Waals surface area contributed by atoms with Gasteiger partial charge in [-0.05, 0) is 12.1 Å². The molecule has 2 rings (SSSR count). The highest BCUT2D eigenvalue weighted by atomic mass is 35.5. The van der Waals surface area contributed by atoms with Crippen LogP contribution in [0, 0.1) is 0 Å². The molecular formula is C16H19Cl2F2N5OS. The third-order valence-electron chi connectivity index (χ3n) is 3.32. The number of hydrogen-bond donors (Lipinski definition) is 2. The number of ether oxygens (including phenoxy) is 1. The zero-order valence-corrected chi connectivity index (χ0v) is 17.2. The van der Waals surface area contributed by atoms with Crippen molar-refractivity contribution in [1.82, 2.24) is 15.6 Å². The van der Waals surface area contributed by atoms with Gasteiger partial charge in [-0.3, -0.25) is 4.99 Å². The number of benzene rings is 1. The maximum absolute atomic E-state index is 12.6. The molecule has 0 fully saturated rings. The molecule has 0 saturated heterocycles. The second kappa shape index (κ2) is 9.91. The van der Waals surface area contributed by atoms with Crippen LogP contribution in [0.2, 0.25) is 10.0 Å². The molecule has 0 unspecified atom stereocenters. The number of rotatable bonds is 7. The molecular weight excluding hydrogens is 419 g/mol. The van der Waals surface area contributed by atoms with Crippen molar-refractivity contribution in [2.75, 3.05) is 26.0 Å². The van der Waals surface area contributed by atoms with Crippen molar-refractivity contribution in [3.63, 3.8) is 0 Å². The predicted molar refractivity (Wildman–Crippen MR) is 107 cm³/mol. The van der Waals surface area contributed by atoms with Crippen LogP contribution in [0.3, 0.4) is 0 Å². The molecule has 2 N–H and O–H groups in total. The largest absolute Gasteiger partial charge is 0.433 e. The van der Waals surface area contributed by atoms with Gasteiger partial charge in [0.15, 0.2) is 11.1 Å². The molecule has 0 spiro atoms. The van der Waals surface area contributed by atoms with Crippen LogP contribution in [0.5, 0.6) is 5.75 Å². The highest BCUT2D eigenvalue weighted by Gasteiger charge is 2.15. The fourth-order valence-electron chi connectivity index (χ4n) is 2.12. The molecule has 0 radical (unpaired) electrons. The molecule has 1 heterocycles. The van der Waals surface area contributed by atoms with Crippen molar-refractivity contribution >= 4 is 45.6 Å². The fourth-order valence-corrected chi connectivity index (χ4v) is 3.46. The molecule has 0 amide bonds. The molecule has 1 aromatic heterocycles. The molecule has 6 nitrogen and oxygen atoms in total. The maximum Gasteiger partial charge on any atom is 0.387 e.